The van der Waals surface area contributed by atoms with Crippen LogP contribution in [-0.4, -0.2) is 22.4 Å². The van der Waals surface area contributed by atoms with Crippen LogP contribution >= 0.6 is 0 Å². The lowest BCUT2D eigenvalue weighted by atomic mass is 9.99. The lowest BCUT2D eigenvalue weighted by molar-refractivity contribution is -0.0643. The number of ether oxygens (including phenoxy) is 1. The van der Waals surface area contributed by atoms with Crippen molar-refractivity contribution < 1.29 is 14.9 Å². The molecule has 0 amide bonds. The van der Waals surface area contributed by atoms with E-state index >= 15 is 0 Å². The lowest BCUT2D eigenvalue weighted by Gasteiger charge is -2.28. The minimum atomic E-state index is -0.901. The SMILES string of the molecule is O[C@@H]1[C@H](O)C=CO[C@@H]1c1ccccc1. The summed E-state index contributed by atoms with van der Waals surface area (Å²) >= 11 is 0. The van der Waals surface area contributed by atoms with Gasteiger partial charge in [0.1, 0.15) is 12.2 Å². The monoisotopic (exact) mass is 192 g/mol. The summed E-state index contributed by atoms with van der Waals surface area (Å²) in [5, 5.41) is 19.1. The fourth-order valence-electron chi connectivity index (χ4n) is 1.50. The van der Waals surface area contributed by atoms with Crippen LogP contribution in [0.3, 0.4) is 0 Å². The largest absolute Gasteiger partial charge is 0.491 e. The van der Waals surface area contributed by atoms with Crippen LogP contribution in [0.5, 0.6) is 0 Å². The molecule has 1 aliphatic heterocycles. The third-order valence-electron chi connectivity index (χ3n) is 2.29. The molecule has 0 spiro atoms. The highest BCUT2D eigenvalue weighted by Gasteiger charge is 2.29. The first-order chi connectivity index (χ1) is 6.79. The molecule has 74 valence electrons. The Bertz CT molecular complexity index is 321. The van der Waals surface area contributed by atoms with Crippen molar-refractivity contribution in [1.82, 2.24) is 0 Å². The van der Waals surface area contributed by atoms with Gasteiger partial charge in [0.2, 0.25) is 0 Å². The van der Waals surface area contributed by atoms with E-state index < -0.39 is 18.3 Å². The average molecular weight is 192 g/mol. The minimum Gasteiger partial charge on any atom is -0.491 e. The molecular weight excluding hydrogens is 180 g/mol. The van der Waals surface area contributed by atoms with Crippen LogP contribution in [0, 0.1) is 0 Å². The summed E-state index contributed by atoms with van der Waals surface area (Å²) in [6, 6.07) is 9.36. The normalized spacial score (nSPS) is 31.1. The van der Waals surface area contributed by atoms with E-state index in [-0.39, 0.29) is 0 Å². The smallest absolute Gasteiger partial charge is 0.151 e. The Morgan fingerprint density at radius 3 is 2.50 bits per heavy atom. The molecule has 1 aromatic rings. The standard InChI is InChI=1S/C11H12O3/c12-9-6-7-14-11(10(9)13)8-4-2-1-3-5-8/h1-7,9-13H/t9-,10-,11-/m1/s1. The minimum absolute atomic E-state index is 0.476. The predicted octanol–water partition coefficient (Wildman–Crippen LogP) is 0.993. The summed E-state index contributed by atoms with van der Waals surface area (Å²) in [5.74, 6) is 0. The summed E-state index contributed by atoms with van der Waals surface area (Å²) in [5.41, 5.74) is 0.864. The molecule has 0 radical (unpaired) electrons. The molecule has 0 saturated carbocycles. The van der Waals surface area contributed by atoms with Gasteiger partial charge in [0, 0.05) is 0 Å². The van der Waals surface area contributed by atoms with Crippen molar-refractivity contribution in [2.75, 3.05) is 0 Å². The third-order valence-corrected chi connectivity index (χ3v) is 2.29. The molecule has 14 heavy (non-hydrogen) atoms. The highest BCUT2D eigenvalue weighted by Crippen LogP contribution is 2.26. The van der Waals surface area contributed by atoms with E-state index in [1.165, 1.54) is 12.3 Å². The molecule has 0 aromatic heterocycles. The van der Waals surface area contributed by atoms with E-state index in [4.69, 9.17) is 4.74 Å². The summed E-state index contributed by atoms with van der Waals surface area (Å²) in [6.07, 6.45) is 0.631. The van der Waals surface area contributed by atoms with Crippen LogP contribution in [0.1, 0.15) is 11.7 Å². The van der Waals surface area contributed by atoms with Gasteiger partial charge in [-0.1, -0.05) is 30.3 Å². The number of benzene rings is 1. The average Bonchev–Trinajstić information content (AvgIpc) is 2.23. The van der Waals surface area contributed by atoms with Gasteiger partial charge in [-0.15, -0.1) is 0 Å². The van der Waals surface area contributed by atoms with E-state index in [1.54, 1.807) is 0 Å². The van der Waals surface area contributed by atoms with Crippen LogP contribution in [0.2, 0.25) is 0 Å². The second kappa shape index (κ2) is 3.82. The van der Waals surface area contributed by atoms with Gasteiger partial charge in [0.05, 0.1) is 6.26 Å². The number of hydrogen-bond donors (Lipinski definition) is 2. The van der Waals surface area contributed by atoms with Gasteiger partial charge in [-0.2, -0.15) is 0 Å². The van der Waals surface area contributed by atoms with Crippen molar-refractivity contribution in [3.63, 3.8) is 0 Å². The van der Waals surface area contributed by atoms with Crippen LogP contribution in [0.25, 0.3) is 0 Å². The first kappa shape index (κ1) is 9.24. The molecule has 1 heterocycles. The molecule has 3 atom stereocenters. The molecule has 2 rings (SSSR count). The van der Waals surface area contributed by atoms with E-state index in [0.717, 1.165) is 5.56 Å². The van der Waals surface area contributed by atoms with Crippen molar-refractivity contribution in [2.24, 2.45) is 0 Å². The van der Waals surface area contributed by atoms with E-state index in [1.807, 2.05) is 30.3 Å². The zero-order chi connectivity index (χ0) is 9.97. The Morgan fingerprint density at radius 2 is 1.79 bits per heavy atom. The summed E-state index contributed by atoms with van der Waals surface area (Å²) in [6.45, 7) is 0. The highest BCUT2D eigenvalue weighted by molar-refractivity contribution is 5.20. The van der Waals surface area contributed by atoms with Gasteiger partial charge in [-0.05, 0) is 11.6 Å². The maximum Gasteiger partial charge on any atom is 0.151 e. The Balaban J connectivity index is 2.23. The van der Waals surface area contributed by atoms with Gasteiger partial charge >= 0.3 is 0 Å². The maximum atomic E-state index is 9.66. The Hall–Kier alpha value is -1.32. The predicted molar refractivity (Wildman–Crippen MR) is 51.4 cm³/mol. The molecule has 3 heteroatoms. The molecule has 2 N–H and O–H groups in total. The fraction of sp³-hybridized carbons (Fsp3) is 0.273. The van der Waals surface area contributed by atoms with Gasteiger partial charge in [0.15, 0.2) is 6.10 Å². The Morgan fingerprint density at radius 1 is 1.07 bits per heavy atom. The molecule has 3 nitrogen and oxygen atoms in total. The fourth-order valence-corrected chi connectivity index (χ4v) is 1.50. The molecule has 0 bridgehead atoms. The van der Waals surface area contributed by atoms with E-state index in [2.05, 4.69) is 0 Å². The number of aliphatic hydroxyl groups is 2. The quantitative estimate of drug-likeness (QED) is 0.697. The second-order valence-electron chi connectivity index (χ2n) is 3.28. The van der Waals surface area contributed by atoms with Gasteiger partial charge in [-0.25, -0.2) is 0 Å². The van der Waals surface area contributed by atoms with Gasteiger partial charge < -0.3 is 14.9 Å². The molecule has 0 aliphatic carbocycles. The Kier molecular flexibility index (Phi) is 2.52. The van der Waals surface area contributed by atoms with Crippen molar-refractivity contribution in [1.29, 1.82) is 0 Å². The van der Waals surface area contributed by atoms with Crippen LogP contribution in [0.15, 0.2) is 42.7 Å². The Labute approximate surface area is 82.3 Å². The summed E-state index contributed by atoms with van der Waals surface area (Å²) in [4.78, 5) is 0. The molecule has 0 saturated heterocycles. The number of hydrogen-bond acceptors (Lipinski definition) is 3. The highest BCUT2D eigenvalue weighted by atomic mass is 16.5. The topological polar surface area (TPSA) is 49.7 Å². The van der Waals surface area contributed by atoms with Crippen LogP contribution in [0.4, 0.5) is 0 Å². The molecule has 0 fully saturated rings. The molecule has 1 aromatic carbocycles. The van der Waals surface area contributed by atoms with Gasteiger partial charge in [0.25, 0.3) is 0 Å². The molecular formula is C11H12O3. The molecule has 0 unspecified atom stereocenters. The lowest BCUT2D eigenvalue weighted by Crippen LogP contribution is -2.34. The van der Waals surface area contributed by atoms with Crippen LogP contribution in [-0.2, 0) is 4.74 Å². The zero-order valence-corrected chi connectivity index (χ0v) is 7.58. The maximum absolute atomic E-state index is 9.66. The number of aliphatic hydroxyl groups excluding tert-OH is 2. The van der Waals surface area contributed by atoms with E-state index in [9.17, 15) is 10.2 Å². The summed E-state index contributed by atoms with van der Waals surface area (Å²) in [7, 11) is 0. The zero-order valence-electron chi connectivity index (χ0n) is 7.58. The van der Waals surface area contributed by atoms with Crippen molar-refractivity contribution in [2.45, 2.75) is 18.3 Å². The van der Waals surface area contributed by atoms with Crippen molar-refractivity contribution in [3.05, 3.63) is 48.2 Å². The van der Waals surface area contributed by atoms with Crippen LogP contribution < -0.4 is 0 Å². The first-order valence-corrected chi connectivity index (χ1v) is 4.52. The van der Waals surface area contributed by atoms with Gasteiger partial charge in [-0.3, -0.25) is 0 Å². The molecule has 1 aliphatic rings. The summed E-state index contributed by atoms with van der Waals surface area (Å²) < 4.78 is 5.26. The van der Waals surface area contributed by atoms with E-state index in [0.29, 0.717) is 0 Å². The van der Waals surface area contributed by atoms with Crippen molar-refractivity contribution >= 4 is 0 Å². The first-order valence-electron chi connectivity index (χ1n) is 4.52. The second-order valence-corrected chi connectivity index (χ2v) is 3.28. The number of rotatable bonds is 1. The third kappa shape index (κ3) is 1.64. The van der Waals surface area contributed by atoms with Crippen molar-refractivity contribution in [3.8, 4) is 0 Å².